The summed E-state index contributed by atoms with van der Waals surface area (Å²) in [7, 11) is 4.92. The van der Waals surface area contributed by atoms with Gasteiger partial charge in [-0.05, 0) is 23.1 Å². The van der Waals surface area contributed by atoms with E-state index >= 15 is 0 Å². The summed E-state index contributed by atoms with van der Waals surface area (Å²) in [6.45, 7) is 0. The topological polar surface area (TPSA) is 52.0 Å². The summed E-state index contributed by atoms with van der Waals surface area (Å²) < 4.78 is 18.6. The minimum Gasteiger partial charge on any atom is -1.00 e. The number of para-hydroxylation sites is 1. The van der Waals surface area contributed by atoms with E-state index in [-0.39, 0.29) is 18.2 Å². The Morgan fingerprint density at radius 3 is 2.36 bits per heavy atom. The number of aromatic nitrogens is 1. The van der Waals surface area contributed by atoms with Gasteiger partial charge in [0.2, 0.25) is 5.52 Å². The van der Waals surface area contributed by atoms with Crippen LogP contribution in [0.5, 0.6) is 23.0 Å². The minimum absolute atomic E-state index is 0. The number of phenols is 1. The number of methoxy groups -OCH3 is 3. The first-order chi connectivity index (χ1) is 15.6. The van der Waals surface area contributed by atoms with Crippen LogP contribution in [0.1, 0.15) is 11.1 Å². The van der Waals surface area contributed by atoms with Gasteiger partial charge >= 0.3 is 0 Å². The van der Waals surface area contributed by atoms with Crippen molar-refractivity contribution < 1.29 is 36.1 Å². The highest BCUT2D eigenvalue weighted by atomic mass is 35.5. The molecule has 0 radical (unpaired) electrons. The smallest absolute Gasteiger partial charge is 0.219 e. The van der Waals surface area contributed by atoms with Crippen molar-refractivity contribution in [3.8, 4) is 23.0 Å². The number of ether oxygens (including phenoxy) is 3. The van der Waals surface area contributed by atoms with Crippen molar-refractivity contribution in [3.63, 3.8) is 0 Å². The molecule has 1 N–H and O–H groups in total. The van der Waals surface area contributed by atoms with Gasteiger partial charge in [-0.2, -0.15) is 4.40 Å². The molecule has 3 aromatic carbocycles. The van der Waals surface area contributed by atoms with Crippen LogP contribution in [0.15, 0.2) is 73.1 Å². The number of phenolic OH excluding ortho intramolecular Hbond substituents is 1. The lowest BCUT2D eigenvalue weighted by atomic mass is 9.96. The van der Waals surface area contributed by atoms with Crippen molar-refractivity contribution in [3.05, 3.63) is 84.2 Å². The van der Waals surface area contributed by atoms with Gasteiger partial charge in [-0.25, -0.2) is 0 Å². The van der Waals surface area contributed by atoms with Gasteiger partial charge in [-0.15, -0.1) is 0 Å². The highest BCUT2D eigenvalue weighted by molar-refractivity contribution is 6.00. The zero-order valence-electron chi connectivity index (χ0n) is 18.6. The molecule has 2 heterocycles. The van der Waals surface area contributed by atoms with Crippen molar-refractivity contribution in [2.45, 2.75) is 6.42 Å². The second kappa shape index (κ2) is 9.04. The lowest BCUT2D eigenvalue weighted by Gasteiger charge is -2.14. The number of pyridine rings is 2. The number of rotatable bonds is 5. The molecule has 0 amide bonds. The Kier molecular flexibility index (Phi) is 6.16. The monoisotopic (exact) mass is 461 g/mol. The number of nitrogens with zero attached hydrogens (tertiary/aromatic N) is 1. The van der Waals surface area contributed by atoms with E-state index in [1.807, 2.05) is 30.6 Å². The second-order valence-electron chi connectivity index (χ2n) is 7.74. The van der Waals surface area contributed by atoms with E-state index in [9.17, 15) is 5.11 Å². The predicted octanol–water partition coefficient (Wildman–Crippen LogP) is 2.06. The van der Waals surface area contributed by atoms with E-state index in [1.165, 1.54) is 5.56 Å². The maximum Gasteiger partial charge on any atom is 0.219 e. The molecule has 0 aliphatic carbocycles. The third-order valence-corrected chi connectivity index (χ3v) is 5.96. The summed E-state index contributed by atoms with van der Waals surface area (Å²) >= 11 is 0. The van der Waals surface area contributed by atoms with Gasteiger partial charge in [0, 0.05) is 35.6 Å². The van der Waals surface area contributed by atoms with Gasteiger partial charge in [0.15, 0.2) is 23.9 Å². The molecule has 0 bridgehead atoms. The molecule has 0 aliphatic heterocycles. The molecule has 0 aliphatic rings. The molecule has 5 rings (SSSR count). The van der Waals surface area contributed by atoms with Crippen LogP contribution in [-0.4, -0.2) is 26.4 Å². The highest BCUT2D eigenvalue weighted by Crippen LogP contribution is 2.35. The summed E-state index contributed by atoms with van der Waals surface area (Å²) in [5, 5.41) is 14.5. The van der Waals surface area contributed by atoms with Gasteiger partial charge in [-0.3, -0.25) is 0 Å². The van der Waals surface area contributed by atoms with E-state index in [4.69, 9.17) is 14.2 Å². The minimum atomic E-state index is 0. The van der Waals surface area contributed by atoms with Crippen molar-refractivity contribution in [1.29, 1.82) is 0 Å². The Hall–Kier alpha value is -3.70. The van der Waals surface area contributed by atoms with Gasteiger partial charge in [0.05, 0.1) is 32.1 Å². The van der Waals surface area contributed by atoms with Crippen LogP contribution >= 0.6 is 0 Å². The number of aromatic hydroxyl groups is 1. The van der Waals surface area contributed by atoms with E-state index in [0.717, 1.165) is 44.1 Å². The highest BCUT2D eigenvalue weighted by Gasteiger charge is 2.17. The molecule has 5 aromatic rings. The fraction of sp³-hybridized carbons (Fsp3) is 0.148. The molecule has 0 atom stereocenters. The van der Waals surface area contributed by atoms with Gasteiger partial charge < -0.3 is 31.7 Å². The van der Waals surface area contributed by atoms with Crippen molar-refractivity contribution in [2.24, 2.45) is 0 Å². The summed E-state index contributed by atoms with van der Waals surface area (Å²) in [5.41, 5.74) is 3.29. The van der Waals surface area contributed by atoms with Crippen LogP contribution in [0.4, 0.5) is 0 Å². The predicted molar refractivity (Wildman–Crippen MR) is 125 cm³/mol. The summed E-state index contributed by atoms with van der Waals surface area (Å²) in [6.07, 6.45) is 4.68. The van der Waals surface area contributed by atoms with E-state index in [2.05, 4.69) is 40.8 Å². The quantitative estimate of drug-likeness (QED) is 0.247. The lowest BCUT2D eigenvalue weighted by molar-refractivity contribution is -0.509. The molecule has 0 fully saturated rings. The molecule has 0 unspecified atom stereocenters. The van der Waals surface area contributed by atoms with E-state index < -0.39 is 0 Å². The Bertz CT molecular complexity index is 1480. The Balaban J connectivity index is 0.00000259. The molecule has 33 heavy (non-hydrogen) atoms. The Morgan fingerprint density at radius 2 is 1.61 bits per heavy atom. The third-order valence-electron chi connectivity index (χ3n) is 5.96. The average molecular weight is 462 g/mol. The molecular weight excluding hydrogens is 438 g/mol. The normalized spacial score (nSPS) is 10.9. The Labute approximate surface area is 198 Å². The number of hydrogen-bond acceptors (Lipinski definition) is 4. The fourth-order valence-electron chi connectivity index (χ4n) is 4.44. The van der Waals surface area contributed by atoms with Crippen LogP contribution in [0.3, 0.4) is 0 Å². The standard InChI is InChI=1S/C27H23NO4.ClH/c1-30-21-13-20-14-23-26-17(10-11-28(23)16-22(20)24(29)15-21)6-4-7-18(26)12-19-8-5-9-25(31-2)27(19)32-3;/h4-11,13-16H,12H2,1-3H3;1H. The van der Waals surface area contributed by atoms with Gasteiger partial charge in [0.1, 0.15) is 11.5 Å². The number of hydrogen-bond donors (Lipinski definition) is 1. The number of benzene rings is 3. The lowest BCUT2D eigenvalue weighted by Crippen LogP contribution is -3.00. The van der Waals surface area contributed by atoms with Crippen LogP contribution in [0.2, 0.25) is 0 Å². The van der Waals surface area contributed by atoms with Crippen molar-refractivity contribution >= 4 is 27.1 Å². The molecule has 6 heteroatoms. The molecule has 0 spiro atoms. The molecule has 0 saturated carbocycles. The van der Waals surface area contributed by atoms with E-state index in [0.29, 0.717) is 12.2 Å². The maximum atomic E-state index is 10.5. The summed E-state index contributed by atoms with van der Waals surface area (Å²) in [6, 6.07) is 20.1. The second-order valence-corrected chi connectivity index (χ2v) is 7.74. The molecule has 2 aromatic heterocycles. The number of fused-ring (bicyclic) bond motifs is 4. The Morgan fingerprint density at radius 1 is 0.818 bits per heavy atom. The summed E-state index contributed by atoms with van der Waals surface area (Å²) in [4.78, 5) is 0. The van der Waals surface area contributed by atoms with Crippen molar-refractivity contribution in [2.75, 3.05) is 21.3 Å². The van der Waals surface area contributed by atoms with E-state index in [1.54, 1.807) is 27.4 Å². The van der Waals surface area contributed by atoms with Crippen LogP contribution in [-0.2, 0) is 6.42 Å². The molecule has 168 valence electrons. The fourth-order valence-corrected chi connectivity index (χ4v) is 4.44. The molecule has 0 saturated heterocycles. The first-order valence-corrected chi connectivity index (χ1v) is 10.4. The van der Waals surface area contributed by atoms with Crippen molar-refractivity contribution in [1.82, 2.24) is 0 Å². The van der Waals surface area contributed by atoms with Crippen LogP contribution < -0.4 is 31.0 Å². The molecular formula is C27H24ClNO4. The van der Waals surface area contributed by atoms with Crippen LogP contribution in [0.25, 0.3) is 27.1 Å². The van der Waals surface area contributed by atoms with Gasteiger partial charge in [-0.1, -0.05) is 30.3 Å². The largest absolute Gasteiger partial charge is 1.00 e. The average Bonchev–Trinajstić information content (AvgIpc) is 2.82. The summed E-state index contributed by atoms with van der Waals surface area (Å²) in [5.74, 6) is 2.29. The first-order valence-electron chi connectivity index (χ1n) is 10.4. The third kappa shape index (κ3) is 3.85. The van der Waals surface area contributed by atoms with Gasteiger partial charge in [0.25, 0.3) is 0 Å². The SMILES string of the molecule is COc1cc(O)c2c[n+]3ccc4cccc(Cc5cccc(OC)c5OC)c4c3cc2c1.[Cl-]. The van der Waals surface area contributed by atoms with Crippen LogP contribution in [0, 0.1) is 0 Å². The first kappa shape index (κ1) is 22.5. The molecule has 5 nitrogen and oxygen atoms in total. The zero-order chi connectivity index (χ0) is 22.2. The number of halogens is 1. The zero-order valence-corrected chi connectivity index (χ0v) is 19.4. The maximum absolute atomic E-state index is 10.5.